The van der Waals surface area contributed by atoms with Crippen LogP contribution in [0.3, 0.4) is 0 Å². The molecular weight excluding hydrogens is 554 g/mol. The predicted molar refractivity (Wildman–Crippen MR) is 156 cm³/mol. The van der Waals surface area contributed by atoms with Crippen molar-refractivity contribution in [2.75, 3.05) is 7.11 Å². The van der Waals surface area contributed by atoms with Gasteiger partial charge in [0.25, 0.3) is 0 Å². The second kappa shape index (κ2) is 13.0. The van der Waals surface area contributed by atoms with Gasteiger partial charge in [0.15, 0.2) is 0 Å². The summed E-state index contributed by atoms with van der Waals surface area (Å²) in [6, 6.07) is 45.9. The predicted octanol–water partition coefficient (Wildman–Crippen LogP) is 4.12. The molecule has 0 saturated heterocycles. The molecule has 4 heteroatoms. The molecule has 0 N–H and O–H groups in total. The Hall–Kier alpha value is -3.26. The molecule has 1 nitrogen and oxygen atoms in total. The molecule has 5 aromatic rings. The Morgan fingerprint density at radius 2 is 1.08 bits per heavy atom. The third-order valence-electron chi connectivity index (χ3n) is 7.01. The first-order valence-electron chi connectivity index (χ1n) is 12.6. The molecule has 0 atom stereocenters. The average Bonchev–Trinajstić information content (AvgIpc) is 2.97. The van der Waals surface area contributed by atoms with Crippen molar-refractivity contribution in [1.29, 1.82) is 0 Å². The molecule has 192 valence electrons. The Labute approximate surface area is 236 Å². The maximum atomic E-state index is 14.8. The number of benzene rings is 5. The highest BCUT2D eigenvalue weighted by atomic mass is 79.9. The van der Waals surface area contributed by atoms with Crippen LogP contribution in [0, 0.1) is 5.82 Å². The first-order valence-corrected chi connectivity index (χ1v) is 14.6. The molecular formula is C34H31BrFOP. The van der Waals surface area contributed by atoms with Crippen LogP contribution in [-0.4, -0.2) is 7.11 Å². The van der Waals surface area contributed by atoms with Crippen LogP contribution in [0.4, 0.5) is 4.39 Å². The molecule has 5 aromatic carbocycles. The third kappa shape index (κ3) is 6.07. The van der Waals surface area contributed by atoms with Crippen molar-refractivity contribution < 1.29 is 26.1 Å². The molecule has 38 heavy (non-hydrogen) atoms. The monoisotopic (exact) mass is 584 g/mol. The standard InChI is InChI=1S/C34H31FOP.BrH/c1-36-31-23-18-27(19-24-31)17-20-28-21-22-30(35)25-29(28)26-37(32-11-5-2-6-12-32,33-13-7-3-8-14-33)34-15-9-4-10-16-34;/h2-16,18-19,21-25H,17,20,26H2,1H3;1H/q+1;/p-1. The molecule has 0 aromatic heterocycles. The van der Waals surface area contributed by atoms with Crippen molar-refractivity contribution in [3.8, 4) is 5.75 Å². The van der Waals surface area contributed by atoms with Gasteiger partial charge in [-0.1, -0.05) is 72.8 Å². The number of rotatable bonds is 9. The summed E-state index contributed by atoms with van der Waals surface area (Å²) in [6.45, 7) is 0. The van der Waals surface area contributed by atoms with Gasteiger partial charge in [-0.05, 0) is 90.2 Å². The summed E-state index contributed by atoms with van der Waals surface area (Å²) in [5, 5.41) is 3.91. The molecule has 0 bridgehead atoms. The number of methoxy groups -OCH3 is 1. The van der Waals surface area contributed by atoms with Crippen molar-refractivity contribution >= 4 is 23.2 Å². The molecule has 5 rings (SSSR count). The fourth-order valence-electron chi connectivity index (χ4n) is 5.08. The molecule has 0 fully saturated rings. The van der Waals surface area contributed by atoms with Gasteiger partial charge in [0.1, 0.15) is 34.7 Å². The largest absolute Gasteiger partial charge is 1.00 e. The van der Waals surface area contributed by atoms with Gasteiger partial charge >= 0.3 is 0 Å². The van der Waals surface area contributed by atoms with E-state index in [2.05, 4.69) is 103 Å². The molecule has 0 heterocycles. The van der Waals surface area contributed by atoms with E-state index in [4.69, 9.17) is 4.74 Å². The molecule has 0 unspecified atom stereocenters. The van der Waals surface area contributed by atoms with Gasteiger partial charge in [-0.2, -0.15) is 0 Å². The van der Waals surface area contributed by atoms with E-state index in [1.54, 1.807) is 19.2 Å². The summed E-state index contributed by atoms with van der Waals surface area (Å²) in [6.07, 6.45) is 2.50. The van der Waals surface area contributed by atoms with E-state index in [9.17, 15) is 4.39 Å². The van der Waals surface area contributed by atoms with E-state index in [1.165, 1.54) is 27.0 Å². The lowest BCUT2D eigenvalue weighted by Crippen LogP contribution is -3.00. The highest BCUT2D eigenvalue weighted by Gasteiger charge is 2.45. The summed E-state index contributed by atoms with van der Waals surface area (Å²) in [7, 11) is -0.430. The van der Waals surface area contributed by atoms with Crippen molar-refractivity contribution in [3.63, 3.8) is 0 Å². The molecule has 0 radical (unpaired) electrons. The van der Waals surface area contributed by atoms with Crippen LogP contribution in [-0.2, 0) is 19.0 Å². The Morgan fingerprint density at radius 1 is 0.579 bits per heavy atom. The van der Waals surface area contributed by atoms with Gasteiger partial charge in [-0.3, -0.25) is 0 Å². The normalized spacial score (nSPS) is 11.0. The van der Waals surface area contributed by atoms with E-state index < -0.39 is 7.26 Å². The summed E-state index contributed by atoms with van der Waals surface area (Å²) >= 11 is 0. The Kier molecular flexibility index (Phi) is 9.50. The highest BCUT2D eigenvalue weighted by molar-refractivity contribution is 7.95. The van der Waals surface area contributed by atoms with E-state index in [-0.39, 0.29) is 22.8 Å². The van der Waals surface area contributed by atoms with Gasteiger partial charge in [0.2, 0.25) is 0 Å². The van der Waals surface area contributed by atoms with Gasteiger partial charge in [0.05, 0.1) is 13.3 Å². The van der Waals surface area contributed by atoms with Crippen LogP contribution in [0.1, 0.15) is 16.7 Å². The van der Waals surface area contributed by atoms with E-state index in [1.807, 2.05) is 18.2 Å². The maximum absolute atomic E-state index is 14.8. The number of hydrogen-bond acceptors (Lipinski definition) is 1. The smallest absolute Gasteiger partial charge is 0.123 e. The fraction of sp³-hybridized carbons (Fsp3) is 0.118. The van der Waals surface area contributed by atoms with Crippen LogP contribution in [0.15, 0.2) is 133 Å². The summed E-state index contributed by atoms with van der Waals surface area (Å²) in [5.74, 6) is 0.671. The summed E-state index contributed by atoms with van der Waals surface area (Å²) in [4.78, 5) is 0. The minimum absolute atomic E-state index is 0. The van der Waals surface area contributed by atoms with Crippen LogP contribution in [0.2, 0.25) is 0 Å². The Balaban J connectivity index is 0.00000336. The summed E-state index contributed by atoms with van der Waals surface area (Å²) in [5.41, 5.74) is 3.52. The lowest BCUT2D eigenvalue weighted by molar-refractivity contribution is -0.00000818. The molecule has 0 aliphatic rings. The van der Waals surface area contributed by atoms with Gasteiger partial charge in [0, 0.05) is 0 Å². The zero-order chi connectivity index (χ0) is 25.5. The first kappa shape index (κ1) is 27.8. The van der Waals surface area contributed by atoms with Crippen molar-refractivity contribution in [1.82, 2.24) is 0 Å². The second-order valence-corrected chi connectivity index (χ2v) is 12.7. The highest BCUT2D eigenvalue weighted by Crippen LogP contribution is 2.58. The first-order chi connectivity index (χ1) is 18.2. The van der Waals surface area contributed by atoms with E-state index >= 15 is 0 Å². The van der Waals surface area contributed by atoms with Crippen molar-refractivity contribution in [3.05, 3.63) is 156 Å². The molecule has 0 saturated carbocycles. The Bertz CT molecular complexity index is 1330. The molecule has 0 aliphatic heterocycles. The minimum atomic E-state index is -2.11. The number of ether oxygens (including phenoxy) is 1. The Morgan fingerprint density at radius 3 is 1.55 bits per heavy atom. The van der Waals surface area contributed by atoms with Crippen LogP contribution < -0.4 is 37.6 Å². The molecule has 0 amide bonds. The van der Waals surface area contributed by atoms with Crippen LogP contribution >= 0.6 is 7.26 Å². The third-order valence-corrected chi connectivity index (χ3v) is 11.4. The topological polar surface area (TPSA) is 9.23 Å². The van der Waals surface area contributed by atoms with E-state index in [0.29, 0.717) is 0 Å². The zero-order valence-corrected chi connectivity index (χ0v) is 23.9. The maximum Gasteiger partial charge on any atom is 0.123 e. The van der Waals surface area contributed by atoms with Crippen LogP contribution in [0.25, 0.3) is 0 Å². The number of halogens is 2. The second-order valence-electron chi connectivity index (χ2n) is 9.24. The SMILES string of the molecule is COc1ccc(CCc2ccc(F)cc2C[P+](c2ccccc2)(c2ccccc2)c2ccccc2)cc1.[Br-]. The average molecular weight is 585 g/mol. The summed E-state index contributed by atoms with van der Waals surface area (Å²) < 4.78 is 20.1. The van der Waals surface area contributed by atoms with Gasteiger partial charge < -0.3 is 21.7 Å². The van der Waals surface area contributed by atoms with E-state index in [0.717, 1.165) is 30.3 Å². The molecule has 0 aliphatic carbocycles. The van der Waals surface area contributed by atoms with Gasteiger partial charge in [-0.15, -0.1) is 0 Å². The number of hydrogen-bond donors (Lipinski definition) is 0. The van der Waals surface area contributed by atoms with Crippen molar-refractivity contribution in [2.24, 2.45) is 0 Å². The molecule has 0 spiro atoms. The van der Waals surface area contributed by atoms with Gasteiger partial charge in [-0.25, -0.2) is 4.39 Å². The number of aryl methyl sites for hydroxylation is 2. The van der Waals surface area contributed by atoms with Crippen LogP contribution in [0.5, 0.6) is 5.75 Å². The lowest BCUT2D eigenvalue weighted by Gasteiger charge is -2.28. The quantitative estimate of drug-likeness (QED) is 0.237. The van der Waals surface area contributed by atoms with Crippen molar-refractivity contribution in [2.45, 2.75) is 19.0 Å². The minimum Gasteiger partial charge on any atom is -1.00 e. The fourth-order valence-corrected chi connectivity index (χ4v) is 9.37. The lowest BCUT2D eigenvalue weighted by atomic mass is 10.0. The zero-order valence-electron chi connectivity index (χ0n) is 21.4.